The molecular weight excluding hydrogens is 355 g/mol. The minimum absolute atomic E-state index is 0. The first-order chi connectivity index (χ1) is 10.9. The fraction of sp³-hybridized carbons (Fsp3) is 0.625. The van der Waals surface area contributed by atoms with Crippen LogP contribution in [0.1, 0.15) is 31.7 Å². The van der Waals surface area contributed by atoms with Gasteiger partial charge in [-0.25, -0.2) is 12.8 Å². The Morgan fingerprint density at radius 2 is 1.96 bits per heavy atom. The predicted octanol–water partition coefficient (Wildman–Crippen LogP) is 2.72. The van der Waals surface area contributed by atoms with Crippen LogP contribution in [0.3, 0.4) is 0 Å². The summed E-state index contributed by atoms with van der Waals surface area (Å²) in [5, 5.41) is 3.24. The van der Waals surface area contributed by atoms with Crippen molar-refractivity contribution in [1.82, 2.24) is 9.62 Å². The Labute approximate surface area is 150 Å². The van der Waals surface area contributed by atoms with Gasteiger partial charge in [-0.1, -0.05) is 6.92 Å². The lowest BCUT2D eigenvalue weighted by molar-refractivity contribution is 0.262. The van der Waals surface area contributed by atoms with Gasteiger partial charge in [-0.05, 0) is 51.4 Å². The van der Waals surface area contributed by atoms with Gasteiger partial charge in [0.15, 0.2) is 11.6 Å². The average molecular weight is 381 g/mol. The fourth-order valence-corrected chi connectivity index (χ4v) is 5.02. The van der Waals surface area contributed by atoms with E-state index in [0.717, 1.165) is 32.4 Å². The molecule has 0 amide bonds. The van der Waals surface area contributed by atoms with Crippen LogP contribution >= 0.6 is 12.4 Å². The lowest BCUT2D eigenvalue weighted by atomic mass is 10.1. The summed E-state index contributed by atoms with van der Waals surface area (Å²) in [4.78, 5) is 0.0304. The Bertz CT molecular complexity index is 649. The van der Waals surface area contributed by atoms with E-state index >= 15 is 0 Å². The molecule has 8 heteroatoms. The van der Waals surface area contributed by atoms with Crippen LogP contribution in [-0.2, 0) is 10.0 Å². The second-order valence-electron chi connectivity index (χ2n) is 5.80. The van der Waals surface area contributed by atoms with Gasteiger partial charge >= 0.3 is 0 Å². The Morgan fingerprint density at radius 3 is 2.50 bits per heavy atom. The number of benzene rings is 1. The highest BCUT2D eigenvalue weighted by Crippen LogP contribution is 2.30. The summed E-state index contributed by atoms with van der Waals surface area (Å²) in [5.74, 6) is -0.555. The summed E-state index contributed by atoms with van der Waals surface area (Å²) in [5.41, 5.74) is 0.111. The molecule has 1 aliphatic heterocycles. The zero-order valence-corrected chi connectivity index (χ0v) is 16.0. The third kappa shape index (κ3) is 4.20. The van der Waals surface area contributed by atoms with Gasteiger partial charge in [0.1, 0.15) is 0 Å². The molecule has 0 unspecified atom stereocenters. The molecule has 1 N–H and O–H groups in total. The molecule has 138 valence electrons. The van der Waals surface area contributed by atoms with Crippen molar-refractivity contribution in [3.63, 3.8) is 0 Å². The van der Waals surface area contributed by atoms with Gasteiger partial charge in [0, 0.05) is 18.2 Å². The zero-order chi connectivity index (χ0) is 17.0. The van der Waals surface area contributed by atoms with E-state index in [1.54, 1.807) is 4.31 Å². The Morgan fingerprint density at radius 1 is 1.33 bits per heavy atom. The van der Waals surface area contributed by atoms with Crippen molar-refractivity contribution in [3.05, 3.63) is 23.5 Å². The first-order valence-corrected chi connectivity index (χ1v) is 9.43. The second-order valence-corrected chi connectivity index (χ2v) is 7.66. The summed E-state index contributed by atoms with van der Waals surface area (Å²) >= 11 is 0. The molecule has 0 saturated carbocycles. The van der Waals surface area contributed by atoms with Crippen LogP contribution in [0, 0.1) is 12.7 Å². The maximum absolute atomic E-state index is 14.3. The largest absolute Gasteiger partial charge is 0.494 e. The van der Waals surface area contributed by atoms with E-state index in [1.807, 2.05) is 6.92 Å². The molecule has 0 spiro atoms. The molecule has 1 aliphatic rings. The molecule has 0 atom stereocenters. The van der Waals surface area contributed by atoms with E-state index < -0.39 is 15.8 Å². The molecule has 0 aromatic heterocycles. The topological polar surface area (TPSA) is 58.6 Å². The second kappa shape index (κ2) is 8.99. The summed E-state index contributed by atoms with van der Waals surface area (Å²) < 4.78 is 46.9. The molecule has 5 nitrogen and oxygen atoms in total. The Kier molecular flexibility index (Phi) is 7.92. The molecule has 0 bridgehead atoms. The molecule has 24 heavy (non-hydrogen) atoms. The van der Waals surface area contributed by atoms with E-state index in [1.165, 1.54) is 26.2 Å². The van der Waals surface area contributed by atoms with Gasteiger partial charge in [-0.2, -0.15) is 4.31 Å². The first kappa shape index (κ1) is 21.2. The smallest absolute Gasteiger partial charge is 0.243 e. The van der Waals surface area contributed by atoms with Crippen LogP contribution in [0.5, 0.6) is 5.75 Å². The van der Waals surface area contributed by atoms with Crippen LogP contribution in [-0.4, -0.2) is 45.5 Å². The number of rotatable bonds is 6. The van der Waals surface area contributed by atoms with E-state index in [9.17, 15) is 12.8 Å². The normalized spacial score (nSPS) is 16.0. The van der Waals surface area contributed by atoms with E-state index in [-0.39, 0.29) is 34.7 Å². The summed E-state index contributed by atoms with van der Waals surface area (Å²) in [6.07, 6.45) is 2.27. The van der Waals surface area contributed by atoms with E-state index in [0.29, 0.717) is 6.54 Å². The lowest BCUT2D eigenvalue weighted by Gasteiger charge is -2.34. The van der Waals surface area contributed by atoms with Crippen LogP contribution in [0.25, 0.3) is 0 Å². The van der Waals surface area contributed by atoms with Crippen LogP contribution < -0.4 is 10.1 Å². The number of halogens is 2. The van der Waals surface area contributed by atoms with Crippen molar-refractivity contribution >= 4 is 22.4 Å². The van der Waals surface area contributed by atoms with Gasteiger partial charge in [-0.15, -0.1) is 12.4 Å². The van der Waals surface area contributed by atoms with Gasteiger partial charge in [-0.3, -0.25) is 0 Å². The highest BCUT2D eigenvalue weighted by Gasteiger charge is 2.33. The number of nitrogens with one attached hydrogen (secondary N) is 1. The van der Waals surface area contributed by atoms with Gasteiger partial charge in [0.2, 0.25) is 10.0 Å². The zero-order valence-electron chi connectivity index (χ0n) is 14.3. The monoisotopic (exact) mass is 380 g/mol. The highest BCUT2D eigenvalue weighted by molar-refractivity contribution is 7.89. The van der Waals surface area contributed by atoms with Crippen molar-refractivity contribution in [2.24, 2.45) is 0 Å². The molecule has 1 aromatic rings. The van der Waals surface area contributed by atoms with Crippen molar-refractivity contribution in [2.45, 2.75) is 44.0 Å². The van der Waals surface area contributed by atoms with E-state index in [4.69, 9.17) is 4.74 Å². The molecule has 1 saturated heterocycles. The lowest BCUT2D eigenvalue weighted by Crippen LogP contribution is -2.46. The quantitative estimate of drug-likeness (QED) is 0.824. The summed E-state index contributed by atoms with van der Waals surface area (Å²) in [6.45, 7) is 5.48. The number of ether oxygens (including phenoxy) is 1. The number of hydrogen-bond donors (Lipinski definition) is 1. The maximum Gasteiger partial charge on any atom is 0.243 e. The number of nitrogens with zero attached hydrogens (tertiary/aromatic N) is 1. The highest BCUT2D eigenvalue weighted by atomic mass is 35.5. The minimum Gasteiger partial charge on any atom is -0.494 e. The van der Waals surface area contributed by atoms with Crippen LogP contribution in [0.2, 0.25) is 0 Å². The number of methoxy groups -OCH3 is 1. The number of sulfonamides is 1. The van der Waals surface area contributed by atoms with Crippen molar-refractivity contribution in [2.75, 3.05) is 26.7 Å². The standard InChI is InChI=1S/C16H25FN2O3S.ClH/c1-4-11-19(13-7-9-18-10-8-13)23(20,21)15-6-5-14(22-3)16(17)12(15)2;/h5-6,13,18H,4,7-11H2,1-3H3;1H. The third-order valence-electron chi connectivity index (χ3n) is 4.27. The molecule has 1 heterocycles. The number of hydrogen-bond acceptors (Lipinski definition) is 4. The molecule has 2 rings (SSSR count). The number of piperidine rings is 1. The van der Waals surface area contributed by atoms with Gasteiger partial charge in [0.25, 0.3) is 0 Å². The van der Waals surface area contributed by atoms with Crippen LogP contribution in [0.4, 0.5) is 4.39 Å². The molecule has 1 aromatic carbocycles. The Balaban J connectivity index is 0.00000288. The molecule has 0 aliphatic carbocycles. The maximum atomic E-state index is 14.3. The molecule has 1 fully saturated rings. The third-order valence-corrected chi connectivity index (χ3v) is 6.36. The van der Waals surface area contributed by atoms with Gasteiger partial charge in [0.05, 0.1) is 12.0 Å². The minimum atomic E-state index is -3.73. The Hall–Kier alpha value is -0.890. The van der Waals surface area contributed by atoms with Crippen LogP contribution in [0.15, 0.2) is 17.0 Å². The fourth-order valence-electron chi connectivity index (χ4n) is 3.02. The summed E-state index contributed by atoms with van der Waals surface area (Å²) in [7, 11) is -2.37. The molecular formula is C16H26ClFN2O3S. The average Bonchev–Trinajstić information content (AvgIpc) is 2.55. The van der Waals surface area contributed by atoms with Crippen molar-refractivity contribution in [3.8, 4) is 5.75 Å². The van der Waals surface area contributed by atoms with Gasteiger partial charge < -0.3 is 10.1 Å². The SMILES string of the molecule is CCCN(C1CCNCC1)S(=O)(=O)c1ccc(OC)c(F)c1C.Cl. The van der Waals surface area contributed by atoms with Crippen molar-refractivity contribution < 1.29 is 17.5 Å². The van der Waals surface area contributed by atoms with Crippen molar-refractivity contribution in [1.29, 1.82) is 0 Å². The first-order valence-electron chi connectivity index (χ1n) is 7.99. The summed E-state index contributed by atoms with van der Waals surface area (Å²) in [6, 6.07) is 2.78. The van der Waals surface area contributed by atoms with E-state index in [2.05, 4.69) is 5.32 Å². The molecule has 0 radical (unpaired) electrons. The predicted molar refractivity (Wildman–Crippen MR) is 95.0 cm³/mol.